The van der Waals surface area contributed by atoms with Crippen LogP contribution in [0.4, 0.5) is 0 Å². The molecule has 26 heavy (non-hydrogen) atoms. The third-order valence-electron chi connectivity index (χ3n) is 3.90. The van der Waals surface area contributed by atoms with Gasteiger partial charge in [-0.25, -0.2) is 13.1 Å². The number of rotatable bonds is 8. The maximum Gasteiger partial charge on any atom is 0.253 e. The Morgan fingerprint density at radius 2 is 1.69 bits per heavy atom. The summed E-state index contributed by atoms with van der Waals surface area (Å²) in [5, 5.41) is 0. The average Bonchev–Trinajstić information content (AvgIpc) is 2.63. The molecule has 7 heteroatoms. The molecule has 0 bridgehead atoms. The van der Waals surface area contributed by atoms with E-state index in [1.165, 1.54) is 36.9 Å². The molecule has 0 saturated carbocycles. The lowest BCUT2D eigenvalue weighted by Crippen LogP contribution is -2.28. The third-order valence-corrected chi connectivity index (χ3v) is 5.37. The Bertz CT molecular complexity index is 831. The Hall–Kier alpha value is -2.22. The molecule has 0 aromatic heterocycles. The molecule has 0 unspecified atom stereocenters. The molecule has 0 aliphatic carbocycles. The maximum atomic E-state index is 12.5. The molecular formula is C19H24N2O4S. The number of ether oxygens (including phenoxy) is 1. The summed E-state index contributed by atoms with van der Waals surface area (Å²) in [4.78, 5) is 14.3. The van der Waals surface area contributed by atoms with Gasteiger partial charge < -0.3 is 9.64 Å². The van der Waals surface area contributed by atoms with Gasteiger partial charge in [0, 0.05) is 32.8 Å². The Labute approximate surface area is 154 Å². The van der Waals surface area contributed by atoms with Crippen molar-refractivity contribution in [3.63, 3.8) is 0 Å². The maximum absolute atomic E-state index is 12.5. The SMILES string of the molecule is COCCNS(=O)(=O)c1ccc(C(=O)N(C)Cc2ccc(C)cc2)cc1. The van der Waals surface area contributed by atoms with Gasteiger partial charge in [0.05, 0.1) is 11.5 Å². The summed E-state index contributed by atoms with van der Waals surface area (Å²) in [7, 11) is -0.380. The summed E-state index contributed by atoms with van der Waals surface area (Å²) < 4.78 is 31.5. The van der Waals surface area contributed by atoms with Crippen LogP contribution in [0.2, 0.25) is 0 Å². The number of aryl methyl sites for hydroxylation is 1. The number of carbonyl (C=O) groups excluding carboxylic acids is 1. The number of nitrogens with one attached hydrogen (secondary N) is 1. The zero-order valence-corrected chi connectivity index (χ0v) is 16.0. The van der Waals surface area contributed by atoms with Crippen LogP contribution in [0.1, 0.15) is 21.5 Å². The molecule has 1 amide bonds. The Morgan fingerprint density at radius 1 is 1.08 bits per heavy atom. The van der Waals surface area contributed by atoms with Crippen molar-refractivity contribution in [3.05, 3.63) is 65.2 Å². The van der Waals surface area contributed by atoms with Gasteiger partial charge in [0.25, 0.3) is 5.91 Å². The van der Waals surface area contributed by atoms with E-state index in [4.69, 9.17) is 4.74 Å². The van der Waals surface area contributed by atoms with Gasteiger partial charge in [-0.2, -0.15) is 0 Å². The van der Waals surface area contributed by atoms with Crippen molar-refractivity contribution in [2.45, 2.75) is 18.4 Å². The quantitative estimate of drug-likeness (QED) is 0.717. The lowest BCUT2D eigenvalue weighted by molar-refractivity contribution is 0.0785. The molecule has 0 saturated heterocycles. The van der Waals surface area contributed by atoms with Gasteiger partial charge in [0.1, 0.15) is 0 Å². The zero-order valence-electron chi connectivity index (χ0n) is 15.2. The average molecular weight is 376 g/mol. The van der Waals surface area contributed by atoms with Crippen molar-refractivity contribution in [1.82, 2.24) is 9.62 Å². The third kappa shape index (κ3) is 5.39. The summed E-state index contributed by atoms with van der Waals surface area (Å²) >= 11 is 0. The van der Waals surface area contributed by atoms with Gasteiger partial charge in [-0.15, -0.1) is 0 Å². The normalized spacial score (nSPS) is 11.3. The second kappa shape index (κ2) is 8.93. The first-order valence-electron chi connectivity index (χ1n) is 8.23. The minimum absolute atomic E-state index is 0.117. The van der Waals surface area contributed by atoms with E-state index in [1.54, 1.807) is 11.9 Å². The molecule has 0 aliphatic heterocycles. The van der Waals surface area contributed by atoms with Gasteiger partial charge in [-0.05, 0) is 36.8 Å². The predicted molar refractivity (Wildman–Crippen MR) is 100 cm³/mol. The number of methoxy groups -OCH3 is 1. The van der Waals surface area contributed by atoms with Crippen molar-refractivity contribution in [2.24, 2.45) is 0 Å². The summed E-state index contributed by atoms with van der Waals surface area (Å²) in [6.45, 7) is 2.98. The highest BCUT2D eigenvalue weighted by Gasteiger charge is 2.16. The second-order valence-corrected chi connectivity index (χ2v) is 7.83. The van der Waals surface area contributed by atoms with Crippen LogP contribution in [-0.2, 0) is 21.3 Å². The van der Waals surface area contributed by atoms with E-state index in [0.29, 0.717) is 18.7 Å². The molecule has 0 atom stereocenters. The number of carbonyl (C=O) groups is 1. The van der Waals surface area contributed by atoms with E-state index in [1.807, 2.05) is 31.2 Å². The summed E-state index contributed by atoms with van der Waals surface area (Å²) in [5.41, 5.74) is 2.64. The minimum atomic E-state index is -3.60. The van der Waals surface area contributed by atoms with Crippen LogP contribution >= 0.6 is 0 Å². The molecule has 6 nitrogen and oxygen atoms in total. The van der Waals surface area contributed by atoms with E-state index in [9.17, 15) is 13.2 Å². The van der Waals surface area contributed by atoms with Gasteiger partial charge in [0.15, 0.2) is 0 Å². The predicted octanol–water partition coefficient (Wildman–Crippen LogP) is 2.19. The highest BCUT2D eigenvalue weighted by atomic mass is 32.2. The molecule has 1 N–H and O–H groups in total. The van der Waals surface area contributed by atoms with Crippen LogP contribution in [0.25, 0.3) is 0 Å². The molecule has 0 aliphatic rings. The first-order chi connectivity index (χ1) is 12.3. The molecule has 2 aromatic carbocycles. The summed E-state index contributed by atoms with van der Waals surface area (Å²) in [6, 6.07) is 13.9. The number of nitrogens with zero attached hydrogens (tertiary/aromatic N) is 1. The molecule has 0 spiro atoms. The summed E-state index contributed by atoms with van der Waals surface area (Å²) in [6.07, 6.45) is 0. The first-order valence-corrected chi connectivity index (χ1v) is 9.71. The van der Waals surface area contributed by atoms with Crippen LogP contribution in [0.15, 0.2) is 53.4 Å². The second-order valence-electron chi connectivity index (χ2n) is 6.06. The first kappa shape index (κ1) is 20.1. The molecule has 0 radical (unpaired) electrons. The van der Waals surface area contributed by atoms with Gasteiger partial charge >= 0.3 is 0 Å². The Morgan fingerprint density at radius 3 is 2.27 bits per heavy atom. The number of amides is 1. The lowest BCUT2D eigenvalue weighted by atomic mass is 10.1. The van der Waals surface area contributed by atoms with Gasteiger partial charge in [0.2, 0.25) is 10.0 Å². The minimum Gasteiger partial charge on any atom is -0.383 e. The van der Waals surface area contributed by atoms with Crippen LogP contribution in [-0.4, -0.2) is 46.5 Å². The van der Waals surface area contributed by atoms with Crippen molar-refractivity contribution in [1.29, 1.82) is 0 Å². The smallest absolute Gasteiger partial charge is 0.253 e. The molecular weight excluding hydrogens is 352 g/mol. The van der Waals surface area contributed by atoms with Crippen LogP contribution < -0.4 is 4.72 Å². The van der Waals surface area contributed by atoms with Crippen molar-refractivity contribution < 1.29 is 17.9 Å². The van der Waals surface area contributed by atoms with E-state index in [2.05, 4.69) is 4.72 Å². The zero-order chi connectivity index (χ0) is 19.2. The fourth-order valence-corrected chi connectivity index (χ4v) is 3.41. The van der Waals surface area contributed by atoms with Crippen molar-refractivity contribution >= 4 is 15.9 Å². The largest absolute Gasteiger partial charge is 0.383 e. The van der Waals surface area contributed by atoms with Gasteiger partial charge in [-0.1, -0.05) is 29.8 Å². The van der Waals surface area contributed by atoms with E-state index in [-0.39, 0.29) is 17.3 Å². The highest BCUT2D eigenvalue weighted by Crippen LogP contribution is 2.13. The fourth-order valence-electron chi connectivity index (χ4n) is 2.40. The number of sulfonamides is 1. The summed E-state index contributed by atoms with van der Waals surface area (Å²) in [5.74, 6) is -0.165. The van der Waals surface area contributed by atoms with E-state index < -0.39 is 10.0 Å². The monoisotopic (exact) mass is 376 g/mol. The topological polar surface area (TPSA) is 75.7 Å². The Kier molecular flexibility index (Phi) is 6.90. The molecule has 0 fully saturated rings. The van der Waals surface area contributed by atoms with Crippen molar-refractivity contribution in [3.8, 4) is 0 Å². The standard InChI is InChI=1S/C19H24N2O4S/c1-15-4-6-16(7-5-15)14-21(2)19(22)17-8-10-18(11-9-17)26(23,24)20-12-13-25-3/h4-11,20H,12-14H2,1-3H3. The number of hydrogen-bond acceptors (Lipinski definition) is 4. The molecule has 140 valence electrons. The molecule has 0 heterocycles. The Balaban J connectivity index is 2.04. The van der Waals surface area contributed by atoms with E-state index >= 15 is 0 Å². The molecule has 2 aromatic rings. The van der Waals surface area contributed by atoms with Crippen molar-refractivity contribution in [2.75, 3.05) is 27.3 Å². The fraction of sp³-hybridized carbons (Fsp3) is 0.316. The molecule has 2 rings (SSSR count). The number of hydrogen-bond donors (Lipinski definition) is 1. The van der Waals surface area contributed by atoms with Crippen LogP contribution in [0.5, 0.6) is 0 Å². The van der Waals surface area contributed by atoms with Gasteiger partial charge in [-0.3, -0.25) is 4.79 Å². The number of benzene rings is 2. The highest BCUT2D eigenvalue weighted by molar-refractivity contribution is 7.89. The van der Waals surface area contributed by atoms with Crippen LogP contribution in [0, 0.1) is 6.92 Å². The lowest BCUT2D eigenvalue weighted by Gasteiger charge is -2.17. The van der Waals surface area contributed by atoms with Crippen LogP contribution in [0.3, 0.4) is 0 Å². The van der Waals surface area contributed by atoms with E-state index in [0.717, 1.165) is 5.56 Å².